The van der Waals surface area contributed by atoms with Crippen LogP contribution in [0.25, 0.3) is 11.0 Å². The van der Waals surface area contributed by atoms with Crippen molar-refractivity contribution in [1.29, 1.82) is 0 Å². The van der Waals surface area contributed by atoms with Gasteiger partial charge in [-0.05, 0) is 62.2 Å². The number of fused-ring (bicyclic) bond motifs is 3. The number of hydrogen-bond acceptors (Lipinski definition) is 5. The summed E-state index contributed by atoms with van der Waals surface area (Å²) < 4.78 is 2.22. The van der Waals surface area contributed by atoms with Crippen molar-refractivity contribution in [3.63, 3.8) is 0 Å². The molecule has 2 aliphatic rings. The molecule has 0 radical (unpaired) electrons. The Kier molecular flexibility index (Phi) is 6.14. The molecule has 4 aromatic rings. The molecule has 1 unspecified atom stereocenters. The van der Waals surface area contributed by atoms with Crippen molar-refractivity contribution in [2.45, 2.75) is 38.4 Å². The summed E-state index contributed by atoms with van der Waals surface area (Å²) in [5, 5.41) is 0. The average Bonchev–Trinajstić information content (AvgIpc) is 3.40. The minimum Gasteiger partial charge on any atom is -0.323 e. The van der Waals surface area contributed by atoms with Crippen molar-refractivity contribution in [3.05, 3.63) is 107 Å². The van der Waals surface area contributed by atoms with E-state index < -0.39 is 0 Å². The molecule has 37 heavy (non-hydrogen) atoms. The van der Waals surface area contributed by atoms with Gasteiger partial charge < -0.3 is 4.57 Å². The predicted molar refractivity (Wildman–Crippen MR) is 142 cm³/mol. The first-order chi connectivity index (χ1) is 18.1. The maximum absolute atomic E-state index is 12.7. The van der Waals surface area contributed by atoms with E-state index in [4.69, 9.17) is 9.97 Å². The van der Waals surface area contributed by atoms with Gasteiger partial charge >= 0.3 is 0 Å². The van der Waals surface area contributed by atoms with Gasteiger partial charge in [-0.2, -0.15) is 0 Å². The Bertz CT molecular complexity index is 1490. The first-order valence-electron chi connectivity index (χ1n) is 12.8. The highest BCUT2D eigenvalue weighted by Gasteiger charge is 2.34. The molecule has 0 N–H and O–H groups in total. The van der Waals surface area contributed by atoms with Gasteiger partial charge in [0.2, 0.25) is 0 Å². The summed E-state index contributed by atoms with van der Waals surface area (Å²) in [5.41, 5.74) is 5.51. The number of rotatable bonds is 7. The van der Waals surface area contributed by atoms with E-state index in [1.807, 2.05) is 42.6 Å². The van der Waals surface area contributed by atoms with Crippen LogP contribution in [0, 0.1) is 0 Å². The van der Waals surface area contributed by atoms with E-state index in [-0.39, 0.29) is 24.4 Å². The maximum atomic E-state index is 12.7. The molecule has 1 aliphatic heterocycles. The topological polar surface area (TPSA) is 71.3 Å². The number of imide groups is 1. The van der Waals surface area contributed by atoms with Crippen LogP contribution in [0.1, 0.15) is 56.7 Å². The lowest BCUT2D eigenvalue weighted by Gasteiger charge is -2.32. The minimum absolute atomic E-state index is 0.234. The van der Waals surface area contributed by atoms with Crippen LogP contribution in [0.5, 0.6) is 0 Å². The summed E-state index contributed by atoms with van der Waals surface area (Å²) >= 11 is 0. The Morgan fingerprint density at radius 3 is 2.49 bits per heavy atom. The fraction of sp³-hybridized carbons (Fsp3) is 0.267. The molecule has 2 aromatic carbocycles. The number of carbonyl (C=O) groups is 2. The zero-order valence-electron chi connectivity index (χ0n) is 20.9. The van der Waals surface area contributed by atoms with Gasteiger partial charge in [0.05, 0.1) is 40.4 Å². The second-order valence-corrected chi connectivity index (χ2v) is 9.74. The third-order valence-corrected chi connectivity index (χ3v) is 7.44. The van der Waals surface area contributed by atoms with Gasteiger partial charge in [-0.15, -0.1) is 0 Å². The molecule has 186 valence electrons. The lowest BCUT2D eigenvalue weighted by molar-refractivity contribution is 0.0672. The Morgan fingerprint density at radius 1 is 0.946 bits per heavy atom. The van der Waals surface area contributed by atoms with Crippen LogP contribution in [-0.2, 0) is 19.5 Å². The fourth-order valence-corrected chi connectivity index (χ4v) is 5.56. The largest absolute Gasteiger partial charge is 0.323 e. The Hall–Kier alpha value is -4.10. The molecule has 0 saturated heterocycles. The number of carbonyl (C=O) groups excluding carboxylic acids is 2. The monoisotopic (exact) mass is 491 g/mol. The van der Waals surface area contributed by atoms with Crippen molar-refractivity contribution in [2.75, 3.05) is 13.6 Å². The molecular weight excluding hydrogens is 462 g/mol. The predicted octanol–water partition coefficient (Wildman–Crippen LogP) is 4.79. The van der Waals surface area contributed by atoms with Crippen LogP contribution >= 0.6 is 0 Å². The van der Waals surface area contributed by atoms with Crippen molar-refractivity contribution in [1.82, 2.24) is 24.3 Å². The van der Waals surface area contributed by atoms with E-state index in [1.54, 1.807) is 24.3 Å². The first kappa shape index (κ1) is 23.3. The third kappa shape index (κ3) is 4.25. The third-order valence-electron chi connectivity index (χ3n) is 7.44. The van der Waals surface area contributed by atoms with Crippen LogP contribution in [0.15, 0.2) is 79.0 Å². The first-order valence-corrected chi connectivity index (χ1v) is 12.8. The molecule has 3 heterocycles. The SMILES string of the molecule is CN(Cc1nc2ccccc2n1CC=CCN1C(=O)c2ccccc2C1=O)C1CCCc2cccnc21. The minimum atomic E-state index is -0.234. The number of imidazole rings is 1. The van der Waals surface area contributed by atoms with Crippen LogP contribution in [0.3, 0.4) is 0 Å². The molecule has 0 saturated carbocycles. The van der Waals surface area contributed by atoms with Gasteiger partial charge in [-0.3, -0.25) is 24.4 Å². The quantitative estimate of drug-likeness (QED) is 0.275. The summed E-state index contributed by atoms with van der Waals surface area (Å²) in [4.78, 5) is 38.7. The van der Waals surface area contributed by atoms with Crippen LogP contribution in [0.4, 0.5) is 0 Å². The summed E-state index contributed by atoms with van der Waals surface area (Å²) in [6.45, 7) is 1.55. The molecule has 0 spiro atoms. The van der Waals surface area contributed by atoms with Gasteiger partial charge in [0.1, 0.15) is 5.82 Å². The number of allylic oxidation sites excluding steroid dienone is 1. The molecule has 1 atom stereocenters. The fourth-order valence-electron chi connectivity index (χ4n) is 5.56. The van der Waals surface area contributed by atoms with Gasteiger partial charge in [-0.1, -0.05) is 42.5 Å². The number of para-hydroxylation sites is 2. The van der Waals surface area contributed by atoms with Crippen LogP contribution < -0.4 is 0 Å². The Morgan fingerprint density at radius 2 is 1.68 bits per heavy atom. The molecule has 1 aliphatic carbocycles. The van der Waals surface area contributed by atoms with Crippen molar-refractivity contribution in [3.8, 4) is 0 Å². The molecule has 7 nitrogen and oxygen atoms in total. The zero-order valence-corrected chi connectivity index (χ0v) is 20.9. The number of hydrogen-bond donors (Lipinski definition) is 0. The second kappa shape index (κ2) is 9.75. The smallest absolute Gasteiger partial charge is 0.261 e. The van der Waals surface area contributed by atoms with E-state index in [9.17, 15) is 9.59 Å². The van der Waals surface area contributed by atoms with Crippen molar-refractivity contribution < 1.29 is 9.59 Å². The van der Waals surface area contributed by atoms with Gasteiger partial charge in [0, 0.05) is 19.3 Å². The number of aryl methyl sites for hydroxylation is 1. The molecular formula is C30H29N5O2. The molecule has 0 fully saturated rings. The van der Waals surface area contributed by atoms with Gasteiger partial charge in [0.25, 0.3) is 11.8 Å². The maximum Gasteiger partial charge on any atom is 0.261 e. The van der Waals surface area contributed by atoms with E-state index in [1.165, 1.54) is 16.2 Å². The molecule has 2 aromatic heterocycles. The average molecular weight is 492 g/mol. The van der Waals surface area contributed by atoms with Crippen LogP contribution in [0.2, 0.25) is 0 Å². The highest BCUT2D eigenvalue weighted by Crippen LogP contribution is 2.33. The van der Waals surface area contributed by atoms with E-state index >= 15 is 0 Å². The lowest BCUT2D eigenvalue weighted by Crippen LogP contribution is -2.30. The van der Waals surface area contributed by atoms with Gasteiger partial charge in [0.15, 0.2) is 0 Å². The van der Waals surface area contributed by atoms with Gasteiger partial charge in [-0.25, -0.2) is 4.98 Å². The standard InChI is InChI=1S/C30H29N5O2/c1-33(26-16-8-10-21-11-9-17-31-28(21)26)20-27-32-24-14-4-5-15-25(24)34(27)18-6-7-19-35-29(36)22-12-2-3-13-23(22)30(35)37/h2-7,9,11-15,17,26H,8,10,16,18-20H2,1H3. The molecule has 0 bridgehead atoms. The van der Waals surface area contributed by atoms with E-state index in [0.29, 0.717) is 24.2 Å². The summed E-state index contributed by atoms with van der Waals surface area (Å²) in [6, 6.07) is 19.6. The van der Waals surface area contributed by atoms with E-state index in [2.05, 4.69) is 28.6 Å². The normalized spacial score (nSPS) is 17.2. The Balaban J connectivity index is 1.20. The van der Waals surface area contributed by atoms with Crippen molar-refractivity contribution >= 4 is 22.8 Å². The number of amides is 2. The highest BCUT2D eigenvalue weighted by atomic mass is 16.2. The van der Waals surface area contributed by atoms with E-state index in [0.717, 1.165) is 36.1 Å². The molecule has 7 heteroatoms. The molecule has 6 rings (SSSR count). The highest BCUT2D eigenvalue weighted by molar-refractivity contribution is 6.21. The number of aromatic nitrogens is 3. The summed E-state index contributed by atoms with van der Waals surface area (Å²) in [5.74, 6) is 0.515. The lowest BCUT2D eigenvalue weighted by atomic mass is 9.91. The Labute approximate surface area is 216 Å². The second-order valence-electron chi connectivity index (χ2n) is 9.74. The number of benzene rings is 2. The molecule has 2 amide bonds. The summed E-state index contributed by atoms with van der Waals surface area (Å²) in [6.07, 6.45) is 9.12. The summed E-state index contributed by atoms with van der Waals surface area (Å²) in [7, 11) is 2.15. The zero-order chi connectivity index (χ0) is 25.4. The number of pyridine rings is 1. The van der Waals surface area contributed by atoms with Crippen LogP contribution in [-0.4, -0.2) is 49.7 Å². The number of nitrogens with zero attached hydrogens (tertiary/aromatic N) is 5. The van der Waals surface area contributed by atoms with Crippen molar-refractivity contribution in [2.24, 2.45) is 0 Å².